The summed E-state index contributed by atoms with van der Waals surface area (Å²) in [6.45, 7) is 9.22. The van der Waals surface area contributed by atoms with Gasteiger partial charge < -0.3 is 15.4 Å². The molecule has 0 aromatic carbocycles. The monoisotopic (exact) mass is 255 g/mol. The summed E-state index contributed by atoms with van der Waals surface area (Å²) in [5.74, 6) is 1.33. The van der Waals surface area contributed by atoms with E-state index in [2.05, 4.69) is 22.5 Å². The van der Waals surface area contributed by atoms with Crippen LogP contribution in [0.1, 0.15) is 40.5 Å². The summed E-state index contributed by atoms with van der Waals surface area (Å²) in [6.07, 6.45) is 1.47. The fourth-order valence-corrected chi connectivity index (χ4v) is 1.60. The van der Waals surface area contributed by atoms with Gasteiger partial charge in [-0.3, -0.25) is 9.79 Å². The summed E-state index contributed by atoms with van der Waals surface area (Å²) in [5.41, 5.74) is 0. The fourth-order valence-electron chi connectivity index (χ4n) is 1.60. The van der Waals surface area contributed by atoms with E-state index >= 15 is 0 Å². The molecule has 5 heteroatoms. The van der Waals surface area contributed by atoms with Gasteiger partial charge >= 0.3 is 5.97 Å². The molecule has 1 aliphatic rings. The molecule has 0 aromatic rings. The Morgan fingerprint density at radius 1 is 1.50 bits per heavy atom. The van der Waals surface area contributed by atoms with Crippen molar-refractivity contribution in [1.29, 1.82) is 0 Å². The zero-order chi connectivity index (χ0) is 13.5. The molecule has 0 aromatic heterocycles. The Kier molecular flexibility index (Phi) is 5.95. The van der Waals surface area contributed by atoms with Crippen molar-refractivity contribution < 1.29 is 9.53 Å². The molecule has 0 aliphatic heterocycles. The Hall–Kier alpha value is -1.26. The van der Waals surface area contributed by atoms with Crippen molar-refractivity contribution in [2.24, 2.45) is 10.9 Å². The van der Waals surface area contributed by atoms with Gasteiger partial charge in [0.2, 0.25) is 0 Å². The second kappa shape index (κ2) is 7.24. The Morgan fingerprint density at radius 3 is 2.67 bits per heavy atom. The van der Waals surface area contributed by atoms with Crippen LogP contribution in [0.15, 0.2) is 4.99 Å². The predicted octanol–water partition coefficient (Wildman–Crippen LogP) is 1.29. The number of carbonyl (C=O) groups excluding carboxylic acids is 1. The highest BCUT2D eigenvalue weighted by Crippen LogP contribution is 2.28. The van der Waals surface area contributed by atoms with Crippen molar-refractivity contribution in [3.05, 3.63) is 0 Å². The summed E-state index contributed by atoms with van der Waals surface area (Å²) in [4.78, 5) is 15.7. The first-order chi connectivity index (χ1) is 8.52. The molecule has 0 saturated heterocycles. The standard InChI is InChI=1S/C13H25N3O2/c1-5-14-13(16-11-8-10(11)4)15-7-6-12(17)18-9(2)3/h9-11H,5-8H2,1-4H3,(H2,14,15,16). The lowest BCUT2D eigenvalue weighted by Gasteiger charge is -2.11. The molecular formula is C13H25N3O2. The minimum absolute atomic E-state index is 0.0554. The molecule has 18 heavy (non-hydrogen) atoms. The van der Waals surface area contributed by atoms with Gasteiger partial charge in [-0.1, -0.05) is 6.92 Å². The van der Waals surface area contributed by atoms with E-state index in [1.807, 2.05) is 20.8 Å². The Balaban J connectivity index is 2.28. The van der Waals surface area contributed by atoms with E-state index in [4.69, 9.17) is 4.74 Å². The molecule has 0 spiro atoms. The van der Waals surface area contributed by atoms with Crippen molar-refractivity contribution in [2.45, 2.75) is 52.7 Å². The van der Waals surface area contributed by atoms with Gasteiger partial charge in [-0.25, -0.2) is 0 Å². The smallest absolute Gasteiger partial charge is 0.307 e. The van der Waals surface area contributed by atoms with Crippen LogP contribution < -0.4 is 10.6 Å². The Bertz CT molecular complexity index is 303. The minimum Gasteiger partial charge on any atom is -0.463 e. The van der Waals surface area contributed by atoms with E-state index < -0.39 is 0 Å². The van der Waals surface area contributed by atoms with Gasteiger partial charge in [0.25, 0.3) is 0 Å². The van der Waals surface area contributed by atoms with E-state index in [0.29, 0.717) is 19.0 Å². The average molecular weight is 255 g/mol. The summed E-state index contributed by atoms with van der Waals surface area (Å²) in [7, 11) is 0. The largest absolute Gasteiger partial charge is 0.463 e. The average Bonchev–Trinajstić information content (AvgIpc) is 2.93. The van der Waals surface area contributed by atoms with Gasteiger partial charge in [0.1, 0.15) is 0 Å². The number of guanidine groups is 1. The van der Waals surface area contributed by atoms with E-state index in [-0.39, 0.29) is 12.1 Å². The third-order valence-corrected chi connectivity index (χ3v) is 2.73. The molecular weight excluding hydrogens is 230 g/mol. The van der Waals surface area contributed by atoms with Crippen LogP contribution in [-0.2, 0) is 9.53 Å². The lowest BCUT2D eigenvalue weighted by Crippen LogP contribution is -2.39. The molecule has 5 nitrogen and oxygen atoms in total. The molecule has 2 N–H and O–H groups in total. The van der Waals surface area contributed by atoms with Crippen LogP contribution in [-0.4, -0.2) is 37.2 Å². The van der Waals surface area contributed by atoms with E-state index in [1.54, 1.807) is 0 Å². The topological polar surface area (TPSA) is 62.7 Å². The summed E-state index contributed by atoms with van der Waals surface area (Å²) < 4.78 is 5.05. The number of hydrogen-bond acceptors (Lipinski definition) is 3. The normalized spacial score (nSPS) is 22.8. The van der Waals surface area contributed by atoms with Crippen molar-refractivity contribution in [2.75, 3.05) is 13.1 Å². The van der Waals surface area contributed by atoms with Crippen LogP contribution in [0.3, 0.4) is 0 Å². The number of hydrogen-bond donors (Lipinski definition) is 2. The van der Waals surface area contributed by atoms with Crippen molar-refractivity contribution >= 4 is 11.9 Å². The first kappa shape index (κ1) is 14.8. The second-order valence-electron chi connectivity index (χ2n) is 5.01. The number of ether oxygens (including phenoxy) is 1. The van der Waals surface area contributed by atoms with Gasteiger partial charge in [-0.15, -0.1) is 0 Å². The summed E-state index contributed by atoms with van der Waals surface area (Å²) >= 11 is 0. The minimum atomic E-state index is -0.190. The highest BCUT2D eigenvalue weighted by molar-refractivity contribution is 5.80. The van der Waals surface area contributed by atoms with Crippen molar-refractivity contribution in [1.82, 2.24) is 10.6 Å². The van der Waals surface area contributed by atoms with Gasteiger partial charge in [-0.05, 0) is 33.1 Å². The number of nitrogens with zero attached hydrogens (tertiary/aromatic N) is 1. The molecule has 1 rings (SSSR count). The van der Waals surface area contributed by atoms with Gasteiger partial charge in [0.15, 0.2) is 5.96 Å². The maximum atomic E-state index is 11.3. The van der Waals surface area contributed by atoms with Crippen LogP contribution >= 0.6 is 0 Å². The second-order valence-corrected chi connectivity index (χ2v) is 5.01. The first-order valence-electron chi connectivity index (χ1n) is 6.77. The number of esters is 1. The molecule has 0 heterocycles. The fraction of sp³-hybridized carbons (Fsp3) is 0.846. The lowest BCUT2D eigenvalue weighted by atomic mass is 10.4. The van der Waals surface area contributed by atoms with E-state index in [0.717, 1.165) is 18.4 Å². The van der Waals surface area contributed by atoms with E-state index in [9.17, 15) is 4.79 Å². The number of nitrogens with one attached hydrogen (secondary N) is 2. The molecule has 2 unspecified atom stereocenters. The van der Waals surface area contributed by atoms with Crippen LogP contribution in [0.2, 0.25) is 0 Å². The van der Waals surface area contributed by atoms with Crippen LogP contribution in [0.5, 0.6) is 0 Å². The lowest BCUT2D eigenvalue weighted by molar-refractivity contribution is -0.147. The molecule has 1 aliphatic carbocycles. The first-order valence-corrected chi connectivity index (χ1v) is 6.77. The SMILES string of the molecule is CCNC(=NCCC(=O)OC(C)C)NC1CC1C. The van der Waals surface area contributed by atoms with Gasteiger partial charge in [0.05, 0.1) is 19.1 Å². The summed E-state index contributed by atoms with van der Waals surface area (Å²) in [6, 6.07) is 0.533. The Morgan fingerprint density at radius 2 is 2.17 bits per heavy atom. The number of aliphatic imine (C=N–C) groups is 1. The highest BCUT2D eigenvalue weighted by Gasteiger charge is 2.33. The van der Waals surface area contributed by atoms with Crippen molar-refractivity contribution in [3.8, 4) is 0 Å². The number of carbonyl (C=O) groups is 1. The van der Waals surface area contributed by atoms with Crippen molar-refractivity contribution in [3.63, 3.8) is 0 Å². The zero-order valence-corrected chi connectivity index (χ0v) is 11.8. The maximum absolute atomic E-state index is 11.3. The molecule has 1 saturated carbocycles. The molecule has 104 valence electrons. The molecule has 0 bridgehead atoms. The molecule has 2 atom stereocenters. The molecule has 0 amide bonds. The van der Waals surface area contributed by atoms with Crippen LogP contribution in [0, 0.1) is 5.92 Å². The molecule has 1 fully saturated rings. The number of rotatable bonds is 6. The van der Waals surface area contributed by atoms with Crippen LogP contribution in [0.25, 0.3) is 0 Å². The quantitative estimate of drug-likeness (QED) is 0.426. The van der Waals surface area contributed by atoms with E-state index in [1.165, 1.54) is 6.42 Å². The molecule has 0 radical (unpaired) electrons. The van der Waals surface area contributed by atoms with Gasteiger partial charge in [0, 0.05) is 12.6 Å². The maximum Gasteiger partial charge on any atom is 0.307 e. The van der Waals surface area contributed by atoms with Gasteiger partial charge in [-0.2, -0.15) is 0 Å². The van der Waals surface area contributed by atoms with Crippen LogP contribution in [0.4, 0.5) is 0 Å². The third kappa shape index (κ3) is 5.89. The zero-order valence-electron chi connectivity index (χ0n) is 11.8. The highest BCUT2D eigenvalue weighted by atomic mass is 16.5. The summed E-state index contributed by atoms with van der Waals surface area (Å²) in [5, 5.41) is 6.52. The third-order valence-electron chi connectivity index (χ3n) is 2.73. The Labute approximate surface area is 109 Å². The predicted molar refractivity (Wildman–Crippen MR) is 72.5 cm³/mol.